The van der Waals surface area contributed by atoms with Gasteiger partial charge in [0.25, 0.3) is 0 Å². The van der Waals surface area contributed by atoms with Gasteiger partial charge in [-0.15, -0.1) is 0 Å². The fraction of sp³-hybridized carbons (Fsp3) is 0.706. The number of anilines is 1. The molecule has 4 atom stereocenters. The van der Waals surface area contributed by atoms with Crippen LogP contribution >= 0.6 is 0 Å². The average Bonchev–Trinajstić information content (AvgIpc) is 3.17. The lowest BCUT2D eigenvalue weighted by Gasteiger charge is -2.16. The molecule has 0 radical (unpaired) electrons. The Hall–Kier alpha value is -1.81. The van der Waals surface area contributed by atoms with Crippen molar-refractivity contribution in [3.63, 3.8) is 0 Å². The fourth-order valence-corrected chi connectivity index (χ4v) is 3.28. The van der Waals surface area contributed by atoms with Crippen LogP contribution in [0.1, 0.15) is 51.1 Å². The van der Waals surface area contributed by atoms with Crippen molar-refractivity contribution < 1.29 is 20.1 Å². The second kappa shape index (κ2) is 8.26. The molecule has 2 unspecified atom stereocenters. The number of aryl methyl sites for hydroxylation is 1. The summed E-state index contributed by atoms with van der Waals surface area (Å²) in [5.74, 6) is 0.907. The second-order valence-electron chi connectivity index (χ2n) is 6.74. The number of rotatable bonds is 8. The summed E-state index contributed by atoms with van der Waals surface area (Å²) in [6.07, 6.45) is 3.75. The average molecular weight is 365 g/mol. The van der Waals surface area contributed by atoms with Gasteiger partial charge in [0.1, 0.15) is 29.7 Å². The molecule has 144 valence electrons. The molecule has 1 aliphatic rings. The maximum absolute atomic E-state index is 10.2. The first-order chi connectivity index (χ1) is 12.6. The predicted octanol–water partition coefficient (Wildman–Crippen LogP) is 0.533. The van der Waals surface area contributed by atoms with Crippen LogP contribution in [-0.2, 0) is 11.2 Å². The Labute approximate surface area is 151 Å². The van der Waals surface area contributed by atoms with E-state index in [4.69, 9.17) is 10.5 Å². The van der Waals surface area contributed by atoms with Crippen molar-refractivity contribution in [3.8, 4) is 0 Å². The zero-order valence-corrected chi connectivity index (χ0v) is 15.0. The first-order valence-electron chi connectivity index (χ1n) is 9.18. The van der Waals surface area contributed by atoms with E-state index in [1.807, 2.05) is 0 Å². The number of nitrogens with two attached hydrogens (primary N) is 1. The summed E-state index contributed by atoms with van der Waals surface area (Å²) in [7, 11) is 0. The number of aliphatic hydroxyl groups excluding tert-OH is 3. The van der Waals surface area contributed by atoms with E-state index in [2.05, 4.69) is 21.9 Å². The third-order valence-corrected chi connectivity index (χ3v) is 4.79. The first kappa shape index (κ1) is 19.0. The highest BCUT2D eigenvalue weighted by atomic mass is 16.6. The Morgan fingerprint density at radius 2 is 1.92 bits per heavy atom. The molecule has 1 fully saturated rings. The minimum atomic E-state index is -1.20. The lowest BCUT2D eigenvalue weighted by atomic mass is 10.1. The van der Waals surface area contributed by atoms with Crippen LogP contribution in [0.5, 0.6) is 0 Å². The number of aromatic nitrogens is 4. The van der Waals surface area contributed by atoms with Gasteiger partial charge in [0, 0.05) is 6.42 Å². The van der Waals surface area contributed by atoms with Gasteiger partial charge in [-0.1, -0.05) is 32.6 Å². The van der Waals surface area contributed by atoms with Gasteiger partial charge in [-0.05, 0) is 6.42 Å². The highest BCUT2D eigenvalue weighted by Gasteiger charge is 2.44. The van der Waals surface area contributed by atoms with Crippen molar-refractivity contribution in [2.24, 2.45) is 0 Å². The largest absolute Gasteiger partial charge is 0.394 e. The fourth-order valence-electron chi connectivity index (χ4n) is 3.28. The van der Waals surface area contributed by atoms with Crippen LogP contribution in [0, 0.1) is 0 Å². The maximum Gasteiger partial charge on any atom is 0.167 e. The number of fused-ring (bicyclic) bond motifs is 1. The van der Waals surface area contributed by atoms with Gasteiger partial charge in [-0.2, -0.15) is 0 Å². The number of ether oxygens (including phenoxy) is 1. The van der Waals surface area contributed by atoms with Gasteiger partial charge >= 0.3 is 0 Å². The van der Waals surface area contributed by atoms with E-state index in [9.17, 15) is 15.3 Å². The number of hydrogen-bond donors (Lipinski definition) is 4. The second-order valence-corrected chi connectivity index (χ2v) is 6.74. The molecule has 26 heavy (non-hydrogen) atoms. The summed E-state index contributed by atoms with van der Waals surface area (Å²) >= 11 is 0. The summed E-state index contributed by atoms with van der Waals surface area (Å²) in [5, 5.41) is 29.5. The van der Waals surface area contributed by atoms with Gasteiger partial charge in [-0.3, -0.25) is 4.57 Å². The lowest BCUT2D eigenvalue weighted by Crippen LogP contribution is -2.33. The molecular formula is C17H27N5O4. The molecule has 1 saturated heterocycles. The Bertz CT molecular complexity index is 737. The first-order valence-corrected chi connectivity index (χ1v) is 9.18. The minimum Gasteiger partial charge on any atom is -0.394 e. The van der Waals surface area contributed by atoms with E-state index in [-0.39, 0.29) is 12.4 Å². The molecule has 0 spiro atoms. The normalized spacial score (nSPS) is 26.0. The van der Waals surface area contributed by atoms with E-state index >= 15 is 0 Å². The van der Waals surface area contributed by atoms with Crippen LogP contribution in [0.25, 0.3) is 11.2 Å². The Balaban J connectivity index is 1.81. The SMILES string of the molecule is CCCCCCCc1nc(N)c2ncn([C@@H]3O[C@H](CO)C(O)C3O)c2n1. The molecule has 0 bridgehead atoms. The molecule has 2 aromatic rings. The van der Waals surface area contributed by atoms with Crippen molar-refractivity contribution in [2.45, 2.75) is 70.0 Å². The van der Waals surface area contributed by atoms with E-state index in [0.717, 1.165) is 12.8 Å². The van der Waals surface area contributed by atoms with Crippen LogP contribution in [0.4, 0.5) is 5.82 Å². The molecule has 5 N–H and O–H groups in total. The van der Waals surface area contributed by atoms with Gasteiger partial charge in [0.05, 0.1) is 12.9 Å². The van der Waals surface area contributed by atoms with Crippen molar-refractivity contribution in [1.82, 2.24) is 19.5 Å². The number of nitrogen functional groups attached to an aromatic ring is 1. The Morgan fingerprint density at radius 3 is 2.62 bits per heavy atom. The van der Waals surface area contributed by atoms with E-state index in [1.54, 1.807) is 0 Å². The Morgan fingerprint density at radius 1 is 1.15 bits per heavy atom. The topological polar surface area (TPSA) is 140 Å². The highest BCUT2D eigenvalue weighted by Crippen LogP contribution is 2.32. The van der Waals surface area contributed by atoms with Gasteiger partial charge < -0.3 is 25.8 Å². The summed E-state index contributed by atoms with van der Waals surface area (Å²) in [6, 6.07) is 0. The standard InChI is InChI=1S/C17H27N5O4/c1-2-3-4-5-6-7-11-20-15(18)12-16(21-11)22(9-19-12)17-14(25)13(24)10(8-23)26-17/h9-10,13-14,17,23-25H,2-8H2,1H3,(H2,18,20,21)/t10-,13?,14?,17-/m1/s1. The van der Waals surface area contributed by atoms with Gasteiger partial charge in [0.2, 0.25) is 0 Å². The molecule has 9 heteroatoms. The number of nitrogens with zero attached hydrogens (tertiary/aromatic N) is 4. The molecule has 0 saturated carbocycles. The number of imidazole rings is 1. The summed E-state index contributed by atoms with van der Waals surface area (Å²) in [5.41, 5.74) is 6.90. The van der Waals surface area contributed by atoms with Crippen molar-refractivity contribution in [2.75, 3.05) is 12.3 Å². The van der Waals surface area contributed by atoms with Gasteiger partial charge in [0.15, 0.2) is 17.7 Å². The monoisotopic (exact) mass is 365 g/mol. The number of aliphatic hydroxyl groups is 3. The van der Waals surface area contributed by atoms with Crippen LogP contribution < -0.4 is 5.73 Å². The lowest BCUT2D eigenvalue weighted by molar-refractivity contribution is -0.0511. The summed E-state index contributed by atoms with van der Waals surface area (Å²) in [4.78, 5) is 13.1. The molecule has 0 amide bonds. The van der Waals surface area contributed by atoms with Crippen LogP contribution in [0.2, 0.25) is 0 Å². The van der Waals surface area contributed by atoms with Crippen molar-refractivity contribution in [1.29, 1.82) is 0 Å². The molecule has 0 aromatic carbocycles. The number of unbranched alkanes of at least 4 members (excludes halogenated alkanes) is 4. The van der Waals surface area contributed by atoms with Crippen molar-refractivity contribution in [3.05, 3.63) is 12.2 Å². The third-order valence-electron chi connectivity index (χ3n) is 4.79. The molecule has 3 heterocycles. The highest BCUT2D eigenvalue weighted by molar-refractivity contribution is 5.81. The van der Waals surface area contributed by atoms with Crippen LogP contribution in [0.15, 0.2) is 6.33 Å². The number of hydrogen-bond acceptors (Lipinski definition) is 8. The minimum absolute atomic E-state index is 0.282. The molecule has 9 nitrogen and oxygen atoms in total. The molecular weight excluding hydrogens is 338 g/mol. The third kappa shape index (κ3) is 3.66. The van der Waals surface area contributed by atoms with E-state index in [0.29, 0.717) is 23.4 Å². The summed E-state index contributed by atoms with van der Waals surface area (Å²) in [6.45, 7) is 1.79. The molecule has 1 aliphatic heterocycles. The summed E-state index contributed by atoms with van der Waals surface area (Å²) < 4.78 is 7.10. The molecule has 3 rings (SSSR count). The maximum atomic E-state index is 10.2. The molecule has 0 aliphatic carbocycles. The quantitative estimate of drug-likeness (QED) is 0.497. The predicted molar refractivity (Wildman–Crippen MR) is 95.2 cm³/mol. The van der Waals surface area contributed by atoms with Crippen LogP contribution in [-0.4, -0.2) is 59.8 Å². The zero-order chi connectivity index (χ0) is 18.7. The van der Waals surface area contributed by atoms with E-state index in [1.165, 1.54) is 30.2 Å². The molecule has 2 aromatic heterocycles. The Kier molecular flexibility index (Phi) is 6.02. The van der Waals surface area contributed by atoms with Crippen LogP contribution in [0.3, 0.4) is 0 Å². The van der Waals surface area contributed by atoms with Crippen molar-refractivity contribution >= 4 is 17.0 Å². The van der Waals surface area contributed by atoms with Gasteiger partial charge in [-0.25, -0.2) is 15.0 Å². The smallest absolute Gasteiger partial charge is 0.167 e. The zero-order valence-electron chi connectivity index (χ0n) is 15.0. The van der Waals surface area contributed by atoms with E-state index < -0.39 is 24.5 Å².